The van der Waals surface area contributed by atoms with Crippen LogP contribution in [0.3, 0.4) is 0 Å². The third-order valence-corrected chi connectivity index (χ3v) is 3.18. The van der Waals surface area contributed by atoms with Gasteiger partial charge in [-0.05, 0) is 23.8 Å². The van der Waals surface area contributed by atoms with Gasteiger partial charge in [-0.3, -0.25) is 9.63 Å². The summed E-state index contributed by atoms with van der Waals surface area (Å²) < 4.78 is 18.0. The number of aldehydes is 1. The lowest BCUT2D eigenvalue weighted by Crippen LogP contribution is -2.43. The van der Waals surface area contributed by atoms with E-state index in [0.717, 1.165) is 0 Å². The number of hydrogen-bond acceptors (Lipinski definition) is 7. The van der Waals surface area contributed by atoms with Gasteiger partial charge in [-0.1, -0.05) is 23.8 Å². The molecule has 8 heteroatoms. The number of benzene rings is 1. The molecule has 0 saturated carbocycles. The van der Waals surface area contributed by atoms with E-state index in [0.29, 0.717) is 42.0 Å². The van der Waals surface area contributed by atoms with Crippen LogP contribution in [0.2, 0.25) is 0 Å². The van der Waals surface area contributed by atoms with E-state index in [-0.39, 0.29) is 5.82 Å². The van der Waals surface area contributed by atoms with Crippen molar-refractivity contribution < 1.29 is 18.8 Å². The van der Waals surface area contributed by atoms with E-state index in [1.807, 2.05) is 0 Å². The number of amidine groups is 1. The van der Waals surface area contributed by atoms with E-state index in [2.05, 4.69) is 17.2 Å². The summed E-state index contributed by atoms with van der Waals surface area (Å²) in [6.45, 7) is 4.65. The van der Waals surface area contributed by atoms with Gasteiger partial charge < -0.3 is 4.74 Å². The fraction of sp³-hybridized carbons (Fsp3) is 0.250. The lowest BCUT2D eigenvalue weighted by molar-refractivity contribution is -0.231. The van der Waals surface area contributed by atoms with Crippen LogP contribution in [-0.2, 0) is 14.4 Å². The molecule has 0 unspecified atom stereocenters. The predicted octanol–water partition coefficient (Wildman–Crippen LogP) is 1.52. The first kappa shape index (κ1) is 17.8. The molecule has 24 heavy (non-hydrogen) atoms. The third kappa shape index (κ3) is 4.25. The van der Waals surface area contributed by atoms with E-state index >= 15 is 0 Å². The van der Waals surface area contributed by atoms with Crippen LogP contribution in [-0.4, -0.2) is 49.8 Å². The SMILES string of the molecule is C=C(C=C(C=O)c1ccc(F)cc1)C1=NNN(C)N1OCCOC. The summed E-state index contributed by atoms with van der Waals surface area (Å²) in [4.78, 5) is 16.9. The van der Waals surface area contributed by atoms with Gasteiger partial charge in [0, 0.05) is 25.3 Å². The standard InChI is InChI=1S/C16H19FN4O3/c1-12(10-14(11-22)13-4-6-15(17)7-5-13)16-18-19-20(2)21(16)24-9-8-23-3/h4-7,10-11,19H,1,8-9H2,2-3H3. The number of rotatable bonds is 8. The molecule has 2 rings (SSSR count). The molecule has 0 aromatic heterocycles. The third-order valence-electron chi connectivity index (χ3n) is 3.18. The van der Waals surface area contributed by atoms with Crippen LogP contribution in [0.25, 0.3) is 5.57 Å². The minimum absolute atomic E-state index is 0.317. The molecule has 1 aliphatic heterocycles. The van der Waals surface area contributed by atoms with Gasteiger partial charge in [-0.2, -0.15) is 0 Å². The largest absolute Gasteiger partial charge is 0.382 e. The molecule has 0 fully saturated rings. The number of nitrogens with one attached hydrogen (secondary N) is 1. The highest BCUT2D eigenvalue weighted by Crippen LogP contribution is 2.18. The van der Waals surface area contributed by atoms with Crippen LogP contribution in [0, 0.1) is 5.82 Å². The molecule has 0 aliphatic carbocycles. The molecule has 1 N–H and O–H groups in total. The Kier molecular flexibility index (Phi) is 6.19. The number of halogens is 1. The fourth-order valence-electron chi connectivity index (χ4n) is 1.97. The molecule has 0 saturated heterocycles. The van der Waals surface area contributed by atoms with E-state index in [9.17, 15) is 9.18 Å². The number of hydrazone groups is 1. The number of allylic oxidation sites excluding steroid dienone is 1. The van der Waals surface area contributed by atoms with E-state index in [4.69, 9.17) is 9.57 Å². The molecule has 7 nitrogen and oxygen atoms in total. The number of hydrogen-bond donors (Lipinski definition) is 1. The summed E-state index contributed by atoms with van der Waals surface area (Å²) in [6, 6.07) is 5.63. The zero-order valence-electron chi connectivity index (χ0n) is 13.5. The Morgan fingerprint density at radius 3 is 2.71 bits per heavy atom. The van der Waals surface area contributed by atoms with E-state index in [1.54, 1.807) is 20.2 Å². The second-order valence-electron chi connectivity index (χ2n) is 4.91. The summed E-state index contributed by atoms with van der Waals surface area (Å²) in [6.07, 6.45) is 2.24. The summed E-state index contributed by atoms with van der Waals surface area (Å²) in [5.41, 5.74) is 4.11. The van der Waals surface area contributed by atoms with Crippen molar-refractivity contribution in [1.82, 2.24) is 15.8 Å². The number of hydrazine groups is 2. The average Bonchev–Trinajstić information content (AvgIpc) is 2.95. The van der Waals surface area contributed by atoms with Crippen LogP contribution in [0.15, 0.2) is 47.6 Å². The van der Waals surface area contributed by atoms with Crippen LogP contribution < -0.4 is 5.53 Å². The molecule has 0 radical (unpaired) electrons. The van der Waals surface area contributed by atoms with Gasteiger partial charge in [0.15, 0.2) is 6.29 Å². The van der Waals surface area contributed by atoms with Gasteiger partial charge in [-0.15, -0.1) is 10.3 Å². The summed E-state index contributed by atoms with van der Waals surface area (Å²) in [5.74, 6) is 0.0293. The van der Waals surface area contributed by atoms with Crippen LogP contribution in [0.4, 0.5) is 4.39 Å². The molecular formula is C16H19FN4O3. The zero-order valence-corrected chi connectivity index (χ0v) is 13.5. The second-order valence-corrected chi connectivity index (χ2v) is 4.91. The number of methoxy groups -OCH3 is 1. The average molecular weight is 334 g/mol. The maximum Gasteiger partial charge on any atom is 0.200 e. The van der Waals surface area contributed by atoms with Gasteiger partial charge in [0.2, 0.25) is 5.84 Å². The molecule has 1 aromatic rings. The Labute approximate surface area is 139 Å². The summed E-state index contributed by atoms with van der Waals surface area (Å²) in [5, 5.41) is 7.03. The Morgan fingerprint density at radius 1 is 1.38 bits per heavy atom. The number of hydroxylamine groups is 1. The summed E-state index contributed by atoms with van der Waals surface area (Å²) in [7, 11) is 3.28. The number of carbonyl (C=O) groups excluding carboxylic acids is 1. The highest BCUT2D eigenvalue weighted by molar-refractivity contribution is 6.11. The normalized spacial score (nSPS) is 15.2. The Bertz CT molecular complexity index is 658. The predicted molar refractivity (Wildman–Crippen MR) is 87.6 cm³/mol. The van der Waals surface area contributed by atoms with Gasteiger partial charge in [0.25, 0.3) is 0 Å². The first-order chi connectivity index (χ1) is 11.6. The molecule has 0 atom stereocenters. The molecule has 1 aliphatic rings. The Balaban J connectivity index is 2.16. The quantitative estimate of drug-likeness (QED) is 0.337. The van der Waals surface area contributed by atoms with Crippen molar-refractivity contribution in [2.75, 3.05) is 27.4 Å². The number of carbonyl (C=O) groups is 1. The number of nitrogens with zero attached hydrogens (tertiary/aromatic N) is 3. The molecule has 0 spiro atoms. The molecule has 0 bridgehead atoms. The van der Waals surface area contributed by atoms with Crippen molar-refractivity contribution in [1.29, 1.82) is 0 Å². The van der Waals surface area contributed by atoms with Crippen molar-refractivity contribution in [2.45, 2.75) is 0 Å². The first-order valence-electron chi connectivity index (χ1n) is 7.18. The van der Waals surface area contributed by atoms with Crippen molar-refractivity contribution >= 4 is 17.7 Å². The highest BCUT2D eigenvalue weighted by Gasteiger charge is 2.25. The van der Waals surface area contributed by atoms with Gasteiger partial charge in [0.1, 0.15) is 12.4 Å². The minimum Gasteiger partial charge on any atom is -0.382 e. The fourth-order valence-corrected chi connectivity index (χ4v) is 1.97. The van der Waals surface area contributed by atoms with Crippen molar-refractivity contribution in [2.24, 2.45) is 5.10 Å². The van der Waals surface area contributed by atoms with Gasteiger partial charge in [0.05, 0.1) is 6.61 Å². The van der Waals surface area contributed by atoms with Crippen LogP contribution >= 0.6 is 0 Å². The van der Waals surface area contributed by atoms with E-state index < -0.39 is 0 Å². The second kappa shape index (κ2) is 8.34. The molecule has 0 amide bonds. The Hall–Kier alpha value is -2.55. The maximum atomic E-state index is 13.0. The molecule has 1 heterocycles. The first-order valence-corrected chi connectivity index (χ1v) is 7.18. The van der Waals surface area contributed by atoms with Crippen LogP contribution in [0.1, 0.15) is 5.56 Å². The van der Waals surface area contributed by atoms with Crippen molar-refractivity contribution in [3.05, 3.63) is 53.9 Å². The molecule has 1 aromatic carbocycles. The van der Waals surface area contributed by atoms with Gasteiger partial charge >= 0.3 is 0 Å². The highest BCUT2D eigenvalue weighted by atomic mass is 19.1. The monoisotopic (exact) mass is 334 g/mol. The van der Waals surface area contributed by atoms with E-state index in [1.165, 1.54) is 34.6 Å². The smallest absolute Gasteiger partial charge is 0.200 e. The van der Waals surface area contributed by atoms with Gasteiger partial charge in [-0.25, -0.2) is 9.93 Å². The lowest BCUT2D eigenvalue weighted by atomic mass is 10.0. The van der Waals surface area contributed by atoms with Crippen molar-refractivity contribution in [3.8, 4) is 0 Å². The Morgan fingerprint density at radius 2 is 2.08 bits per heavy atom. The minimum atomic E-state index is -0.369. The molecular weight excluding hydrogens is 315 g/mol. The van der Waals surface area contributed by atoms with Crippen molar-refractivity contribution in [3.63, 3.8) is 0 Å². The topological polar surface area (TPSA) is 66.4 Å². The summed E-state index contributed by atoms with van der Waals surface area (Å²) >= 11 is 0. The maximum absolute atomic E-state index is 13.0. The zero-order chi connectivity index (χ0) is 17.5. The number of ether oxygens (including phenoxy) is 1. The molecule has 128 valence electrons. The lowest BCUT2D eigenvalue weighted by Gasteiger charge is -2.24. The van der Waals surface area contributed by atoms with Crippen LogP contribution in [0.5, 0.6) is 0 Å².